The van der Waals surface area contributed by atoms with Crippen molar-refractivity contribution in [2.45, 2.75) is 39.4 Å². The van der Waals surface area contributed by atoms with E-state index in [4.69, 9.17) is 11.6 Å². The molecule has 0 radical (unpaired) electrons. The molecule has 2 rings (SSSR count). The van der Waals surface area contributed by atoms with Crippen LogP contribution in [0, 0.1) is 5.92 Å². The zero-order chi connectivity index (χ0) is 18.8. The van der Waals surface area contributed by atoms with Crippen molar-refractivity contribution in [1.29, 1.82) is 0 Å². The van der Waals surface area contributed by atoms with E-state index in [0.29, 0.717) is 17.8 Å². The minimum Gasteiger partial charge on any atom is -0.380 e. The van der Waals surface area contributed by atoms with Crippen molar-refractivity contribution in [2.24, 2.45) is 5.92 Å². The number of hydrogen-bond acceptors (Lipinski definition) is 4. The highest BCUT2D eigenvalue weighted by Gasteiger charge is 2.30. The lowest BCUT2D eigenvalue weighted by molar-refractivity contribution is -0.137. The first kappa shape index (κ1) is 19.2. The van der Waals surface area contributed by atoms with Crippen LogP contribution >= 0.6 is 11.6 Å². The van der Waals surface area contributed by atoms with Gasteiger partial charge in [0.2, 0.25) is 0 Å². The summed E-state index contributed by atoms with van der Waals surface area (Å²) in [5, 5.41) is 6.99. The summed E-state index contributed by atoms with van der Waals surface area (Å²) in [5.74, 6) is 0.316. The molecule has 0 aromatic carbocycles. The van der Waals surface area contributed by atoms with Crippen molar-refractivity contribution in [3.05, 3.63) is 45.5 Å². The number of hydrogen-bond donors (Lipinski definition) is 1. The molecule has 2 atom stereocenters. The van der Waals surface area contributed by atoms with Crippen LogP contribution in [-0.2, 0) is 6.18 Å². The molecule has 2 aromatic rings. The van der Waals surface area contributed by atoms with Gasteiger partial charge in [-0.05, 0) is 25.0 Å². The van der Waals surface area contributed by atoms with Gasteiger partial charge in [0.25, 0.3) is 5.56 Å². The molecule has 1 N–H and O–H groups in total. The molecule has 0 aliphatic heterocycles. The van der Waals surface area contributed by atoms with E-state index in [1.54, 1.807) is 0 Å². The first-order chi connectivity index (χ1) is 11.6. The topological polar surface area (TPSA) is 59.8 Å². The molecule has 5 nitrogen and oxygen atoms in total. The highest BCUT2D eigenvalue weighted by Crippen LogP contribution is 2.28. The highest BCUT2D eigenvalue weighted by atomic mass is 35.5. The summed E-state index contributed by atoms with van der Waals surface area (Å²) >= 11 is 6.10. The molecular weight excluding hydrogens is 357 g/mol. The quantitative estimate of drug-likeness (QED) is 0.854. The lowest BCUT2D eigenvalue weighted by atomic mass is 10.0. The summed E-state index contributed by atoms with van der Waals surface area (Å²) < 4.78 is 38.6. The van der Waals surface area contributed by atoms with Crippen LogP contribution in [-0.4, -0.2) is 20.8 Å². The largest absolute Gasteiger partial charge is 0.417 e. The zero-order valence-electron chi connectivity index (χ0n) is 13.9. The lowest BCUT2D eigenvalue weighted by Crippen LogP contribution is -2.28. The van der Waals surface area contributed by atoms with Gasteiger partial charge in [-0.25, -0.2) is 4.98 Å². The Balaban J connectivity index is 2.33. The predicted molar refractivity (Wildman–Crippen MR) is 90.2 cm³/mol. The molecule has 0 aliphatic rings. The monoisotopic (exact) mass is 374 g/mol. The molecule has 0 fully saturated rings. The highest BCUT2D eigenvalue weighted by molar-refractivity contribution is 6.32. The summed E-state index contributed by atoms with van der Waals surface area (Å²) in [7, 11) is 0. The number of halogens is 4. The Morgan fingerprint density at radius 3 is 2.48 bits per heavy atom. The van der Waals surface area contributed by atoms with E-state index in [1.807, 2.05) is 6.92 Å². The van der Waals surface area contributed by atoms with Gasteiger partial charge in [-0.15, -0.1) is 0 Å². The third-order valence-electron chi connectivity index (χ3n) is 4.09. The maximum atomic E-state index is 12.6. The molecule has 0 saturated heterocycles. The summed E-state index contributed by atoms with van der Waals surface area (Å²) in [5.41, 5.74) is -1.19. The average molecular weight is 375 g/mol. The molecule has 0 saturated carbocycles. The van der Waals surface area contributed by atoms with Gasteiger partial charge in [0.15, 0.2) is 5.82 Å². The Kier molecular flexibility index (Phi) is 5.72. The molecule has 0 aliphatic carbocycles. The van der Waals surface area contributed by atoms with Crippen LogP contribution in [0.25, 0.3) is 5.82 Å². The maximum absolute atomic E-state index is 12.6. The molecule has 0 bridgehead atoms. The van der Waals surface area contributed by atoms with Crippen LogP contribution < -0.4 is 10.9 Å². The fourth-order valence-corrected chi connectivity index (χ4v) is 2.30. The number of alkyl halides is 3. The first-order valence-electron chi connectivity index (χ1n) is 7.73. The molecule has 2 aromatic heterocycles. The summed E-state index contributed by atoms with van der Waals surface area (Å²) in [4.78, 5) is 16.0. The number of nitrogens with one attached hydrogen (secondary N) is 1. The molecule has 136 valence electrons. The average Bonchev–Trinajstić information content (AvgIpc) is 2.57. The van der Waals surface area contributed by atoms with Gasteiger partial charge < -0.3 is 5.32 Å². The second kappa shape index (κ2) is 7.43. The molecule has 25 heavy (non-hydrogen) atoms. The standard InChI is InChI=1S/C16H18ClF3N4O/c1-4-9(2)10(3)23-12-8-22-24(15(25)14(12)17)13-6-5-11(7-21-13)16(18,19)20/h5-10,23H,4H2,1-3H3. The molecule has 0 spiro atoms. The van der Waals surface area contributed by atoms with Crippen LogP contribution in [0.15, 0.2) is 29.3 Å². The zero-order valence-corrected chi connectivity index (χ0v) is 14.7. The van der Waals surface area contributed by atoms with E-state index < -0.39 is 17.3 Å². The predicted octanol–water partition coefficient (Wildman–Crippen LogP) is 4.15. The van der Waals surface area contributed by atoms with Gasteiger partial charge in [0.05, 0.1) is 17.4 Å². The molecule has 2 unspecified atom stereocenters. The van der Waals surface area contributed by atoms with Crippen LogP contribution in [0.3, 0.4) is 0 Å². The van der Waals surface area contributed by atoms with E-state index in [-0.39, 0.29) is 16.9 Å². The third-order valence-corrected chi connectivity index (χ3v) is 4.46. The Hall–Kier alpha value is -2.09. The maximum Gasteiger partial charge on any atom is 0.417 e. The third kappa shape index (κ3) is 4.31. The minimum atomic E-state index is -4.50. The molecule has 9 heteroatoms. The van der Waals surface area contributed by atoms with Crippen molar-refractivity contribution in [1.82, 2.24) is 14.8 Å². The number of nitrogens with zero attached hydrogens (tertiary/aromatic N) is 3. The Bertz CT molecular complexity index is 789. The van der Waals surface area contributed by atoms with Crippen molar-refractivity contribution < 1.29 is 13.2 Å². The van der Waals surface area contributed by atoms with Gasteiger partial charge in [0.1, 0.15) is 5.02 Å². The fraction of sp³-hybridized carbons (Fsp3) is 0.438. The van der Waals surface area contributed by atoms with Crippen molar-refractivity contribution >= 4 is 17.3 Å². The van der Waals surface area contributed by atoms with Crippen molar-refractivity contribution in [3.8, 4) is 5.82 Å². The van der Waals surface area contributed by atoms with Crippen LogP contribution in [0.2, 0.25) is 5.02 Å². The van der Waals surface area contributed by atoms with E-state index in [9.17, 15) is 18.0 Å². The van der Waals surface area contributed by atoms with Crippen LogP contribution in [0.1, 0.15) is 32.8 Å². The van der Waals surface area contributed by atoms with E-state index in [2.05, 4.69) is 29.2 Å². The normalized spacial score (nSPS) is 14.2. The van der Waals surface area contributed by atoms with Crippen molar-refractivity contribution in [2.75, 3.05) is 5.32 Å². The van der Waals surface area contributed by atoms with Gasteiger partial charge in [0, 0.05) is 12.2 Å². The van der Waals surface area contributed by atoms with Gasteiger partial charge in [-0.1, -0.05) is 31.9 Å². The Morgan fingerprint density at radius 1 is 1.28 bits per heavy atom. The summed E-state index contributed by atoms with van der Waals surface area (Å²) in [6, 6.07) is 1.98. The van der Waals surface area contributed by atoms with E-state index in [0.717, 1.165) is 23.2 Å². The Morgan fingerprint density at radius 2 is 1.96 bits per heavy atom. The van der Waals surface area contributed by atoms with Crippen molar-refractivity contribution in [3.63, 3.8) is 0 Å². The molecular formula is C16H18ClF3N4O. The fourth-order valence-electron chi connectivity index (χ4n) is 2.12. The van der Waals surface area contributed by atoms with Gasteiger partial charge in [-0.2, -0.15) is 23.0 Å². The summed E-state index contributed by atoms with van der Waals surface area (Å²) in [6.45, 7) is 6.08. The number of rotatable bonds is 5. The second-order valence-corrected chi connectivity index (χ2v) is 6.19. The smallest absolute Gasteiger partial charge is 0.380 e. The minimum absolute atomic E-state index is 0.0403. The SMILES string of the molecule is CCC(C)C(C)Nc1cnn(-c2ccc(C(F)(F)F)cn2)c(=O)c1Cl. The number of pyridine rings is 1. The molecule has 2 heterocycles. The summed E-state index contributed by atoms with van der Waals surface area (Å²) in [6.07, 6.45) is -1.54. The van der Waals surface area contributed by atoms with E-state index >= 15 is 0 Å². The second-order valence-electron chi connectivity index (χ2n) is 5.81. The molecule has 0 amide bonds. The lowest BCUT2D eigenvalue weighted by Gasteiger charge is -2.21. The van der Waals surface area contributed by atoms with Crippen LogP contribution in [0.5, 0.6) is 0 Å². The van der Waals surface area contributed by atoms with Gasteiger partial charge in [-0.3, -0.25) is 4.79 Å². The number of anilines is 1. The van der Waals surface area contributed by atoms with E-state index in [1.165, 1.54) is 6.20 Å². The first-order valence-corrected chi connectivity index (χ1v) is 8.11. The Labute approximate surface area is 147 Å². The van der Waals surface area contributed by atoms with Gasteiger partial charge >= 0.3 is 6.18 Å². The number of aromatic nitrogens is 3. The van der Waals surface area contributed by atoms with Crippen LogP contribution in [0.4, 0.5) is 18.9 Å².